The smallest absolute Gasteiger partial charge is 0.264 e. The van der Waals surface area contributed by atoms with Crippen LogP contribution in [0.1, 0.15) is 5.69 Å². The predicted molar refractivity (Wildman–Crippen MR) is 61.2 cm³/mol. The van der Waals surface area contributed by atoms with Gasteiger partial charge in [-0.05, 0) is 24.3 Å². The number of imidazole rings is 1. The highest BCUT2D eigenvalue weighted by Crippen LogP contribution is 2.28. The van der Waals surface area contributed by atoms with E-state index < -0.39 is 11.9 Å². The van der Waals surface area contributed by atoms with E-state index in [1.54, 1.807) is 30.6 Å². The zero-order chi connectivity index (χ0) is 13.5. The molecule has 0 spiro atoms. The van der Waals surface area contributed by atoms with Crippen molar-refractivity contribution >= 4 is 5.65 Å². The lowest BCUT2D eigenvalue weighted by Crippen LogP contribution is -2.04. The largest absolute Gasteiger partial charge is 0.434 e. The van der Waals surface area contributed by atoms with Crippen molar-refractivity contribution in [1.82, 2.24) is 19.6 Å². The summed E-state index contributed by atoms with van der Waals surface area (Å²) >= 11 is 0. The van der Waals surface area contributed by atoms with Gasteiger partial charge < -0.3 is 0 Å². The molecule has 0 amide bonds. The van der Waals surface area contributed by atoms with Crippen molar-refractivity contribution in [2.75, 3.05) is 0 Å². The fraction of sp³-hybridized carbons (Fsp3) is 0.0833. The maximum absolute atomic E-state index is 12.5. The van der Waals surface area contributed by atoms with E-state index in [1.807, 2.05) is 0 Å². The highest BCUT2D eigenvalue weighted by atomic mass is 19.4. The molecule has 0 saturated carbocycles. The first-order valence-corrected chi connectivity index (χ1v) is 5.38. The Balaban J connectivity index is 2.11. The summed E-state index contributed by atoms with van der Waals surface area (Å²) in [6, 6.07) is 6.61. The van der Waals surface area contributed by atoms with E-state index in [0.717, 1.165) is 16.3 Å². The monoisotopic (exact) mass is 264 g/mol. The third kappa shape index (κ3) is 2.14. The molecular weight excluding hydrogens is 257 g/mol. The van der Waals surface area contributed by atoms with Gasteiger partial charge in [-0.1, -0.05) is 0 Å². The van der Waals surface area contributed by atoms with Gasteiger partial charge in [0.25, 0.3) is 0 Å². The molecule has 0 unspecified atom stereocenters. The van der Waals surface area contributed by atoms with E-state index in [1.165, 1.54) is 6.07 Å². The molecule has 0 fully saturated rings. The summed E-state index contributed by atoms with van der Waals surface area (Å²) in [6.45, 7) is 0. The minimum Gasteiger partial charge on any atom is -0.264 e. The van der Waals surface area contributed by atoms with Crippen molar-refractivity contribution in [2.45, 2.75) is 6.18 Å². The van der Waals surface area contributed by atoms with Crippen LogP contribution in [0.5, 0.6) is 0 Å². The van der Waals surface area contributed by atoms with Gasteiger partial charge in [-0.15, -0.1) is 0 Å². The third-order valence-electron chi connectivity index (χ3n) is 2.57. The summed E-state index contributed by atoms with van der Waals surface area (Å²) in [4.78, 5) is 7.42. The molecule has 7 heteroatoms. The number of fused-ring (bicyclic) bond motifs is 1. The number of nitrogens with zero attached hydrogens (tertiary/aromatic N) is 4. The molecule has 19 heavy (non-hydrogen) atoms. The Morgan fingerprint density at radius 2 is 1.95 bits per heavy atom. The van der Waals surface area contributed by atoms with E-state index in [9.17, 15) is 13.2 Å². The molecule has 0 saturated heterocycles. The SMILES string of the molecule is FC(F)(F)c1cn2nc(-c3cccnc3)ccc2n1. The van der Waals surface area contributed by atoms with Crippen LogP contribution in [0.2, 0.25) is 0 Å². The number of rotatable bonds is 1. The Hall–Kier alpha value is -2.44. The van der Waals surface area contributed by atoms with E-state index in [4.69, 9.17) is 0 Å². The number of alkyl halides is 3. The van der Waals surface area contributed by atoms with Crippen LogP contribution in [0.3, 0.4) is 0 Å². The Labute approximate surface area is 105 Å². The maximum atomic E-state index is 12.5. The second-order valence-electron chi connectivity index (χ2n) is 3.89. The molecule has 3 rings (SSSR count). The van der Waals surface area contributed by atoms with E-state index >= 15 is 0 Å². The summed E-state index contributed by atoms with van der Waals surface area (Å²) in [7, 11) is 0. The van der Waals surface area contributed by atoms with Crippen molar-refractivity contribution in [3.63, 3.8) is 0 Å². The Morgan fingerprint density at radius 3 is 2.63 bits per heavy atom. The number of hydrogen-bond acceptors (Lipinski definition) is 3. The van der Waals surface area contributed by atoms with Crippen LogP contribution in [0, 0.1) is 0 Å². The molecule has 0 N–H and O–H groups in total. The Kier molecular flexibility index (Phi) is 2.48. The number of hydrogen-bond donors (Lipinski definition) is 0. The minimum atomic E-state index is -4.47. The molecule has 0 atom stereocenters. The van der Waals surface area contributed by atoms with E-state index in [0.29, 0.717) is 5.69 Å². The van der Waals surface area contributed by atoms with Crippen LogP contribution in [-0.2, 0) is 6.18 Å². The maximum Gasteiger partial charge on any atom is 0.434 e. The highest BCUT2D eigenvalue weighted by molar-refractivity contribution is 5.59. The first kappa shape index (κ1) is 11.6. The number of halogens is 3. The van der Waals surface area contributed by atoms with Gasteiger partial charge in [0.15, 0.2) is 11.3 Å². The number of pyridine rings is 1. The van der Waals surface area contributed by atoms with Gasteiger partial charge in [0.05, 0.1) is 11.9 Å². The Bertz CT molecular complexity index is 719. The van der Waals surface area contributed by atoms with Gasteiger partial charge in [0.2, 0.25) is 0 Å². The lowest BCUT2D eigenvalue weighted by molar-refractivity contribution is -0.140. The average molecular weight is 264 g/mol. The summed E-state index contributed by atoms with van der Waals surface area (Å²) in [5.41, 5.74) is 0.460. The van der Waals surface area contributed by atoms with Crippen molar-refractivity contribution < 1.29 is 13.2 Å². The van der Waals surface area contributed by atoms with E-state index in [2.05, 4.69) is 15.1 Å². The first-order valence-electron chi connectivity index (χ1n) is 5.38. The lowest BCUT2D eigenvalue weighted by atomic mass is 10.2. The van der Waals surface area contributed by atoms with Crippen LogP contribution < -0.4 is 0 Å². The van der Waals surface area contributed by atoms with Crippen LogP contribution in [-0.4, -0.2) is 19.6 Å². The zero-order valence-electron chi connectivity index (χ0n) is 9.46. The van der Waals surface area contributed by atoms with Gasteiger partial charge in [-0.2, -0.15) is 18.3 Å². The van der Waals surface area contributed by atoms with Gasteiger partial charge in [0.1, 0.15) is 0 Å². The molecule has 3 heterocycles. The second kappa shape index (κ2) is 4.04. The molecule has 0 bridgehead atoms. The molecule has 0 aliphatic carbocycles. The van der Waals surface area contributed by atoms with Crippen molar-refractivity contribution in [2.24, 2.45) is 0 Å². The third-order valence-corrected chi connectivity index (χ3v) is 2.57. The molecule has 3 aromatic rings. The summed E-state index contributed by atoms with van der Waals surface area (Å²) < 4.78 is 38.7. The van der Waals surface area contributed by atoms with Crippen molar-refractivity contribution in [3.05, 3.63) is 48.5 Å². The standard InChI is InChI=1S/C12H7F3N4/c13-12(14,15)10-7-19-11(17-10)4-3-9(18-19)8-2-1-5-16-6-8/h1-7H. The van der Waals surface area contributed by atoms with Crippen LogP contribution >= 0.6 is 0 Å². The van der Waals surface area contributed by atoms with Crippen LogP contribution in [0.4, 0.5) is 13.2 Å². The first-order chi connectivity index (χ1) is 9.04. The van der Waals surface area contributed by atoms with Gasteiger partial charge in [-0.25, -0.2) is 9.50 Å². The minimum absolute atomic E-state index is 0.153. The average Bonchev–Trinajstić information content (AvgIpc) is 2.82. The summed E-state index contributed by atoms with van der Waals surface area (Å²) in [6.07, 6.45) is -0.395. The second-order valence-corrected chi connectivity index (χ2v) is 3.89. The van der Waals surface area contributed by atoms with Gasteiger partial charge in [-0.3, -0.25) is 4.98 Å². The molecule has 96 valence electrons. The molecule has 0 radical (unpaired) electrons. The van der Waals surface area contributed by atoms with Gasteiger partial charge >= 0.3 is 6.18 Å². The number of aromatic nitrogens is 4. The zero-order valence-corrected chi connectivity index (χ0v) is 9.46. The van der Waals surface area contributed by atoms with Gasteiger partial charge in [0, 0.05) is 18.0 Å². The van der Waals surface area contributed by atoms with Crippen molar-refractivity contribution in [1.29, 1.82) is 0 Å². The quantitative estimate of drug-likeness (QED) is 0.678. The van der Waals surface area contributed by atoms with Crippen LogP contribution in [0.25, 0.3) is 16.9 Å². The molecule has 0 aliphatic heterocycles. The lowest BCUT2D eigenvalue weighted by Gasteiger charge is -2.00. The summed E-state index contributed by atoms with van der Waals surface area (Å²) in [5, 5.41) is 4.09. The van der Waals surface area contributed by atoms with Crippen LogP contribution in [0.15, 0.2) is 42.9 Å². The molecule has 0 aromatic carbocycles. The summed E-state index contributed by atoms with van der Waals surface area (Å²) in [5.74, 6) is 0. The normalized spacial score (nSPS) is 11.9. The van der Waals surface area contributed by atoms with E-state index in [-0.39, 0.29) is 5.65 Å². The topological polar surface area (TPSA) is 43.1 Å². The fourth-order valence-electron chi connectivity index (χ4n) is 1.69. The van der Waals surface area contributed by atoms with Crippen molar-refractivity contribution in [3.8, 4) is 11.3 Å². The Morgan fingerprint density at radius 1 is 1.11 bits per heavy atom. The predicted octanol–water partition coefficient (Wildman–Crippen LogP) is 2.81. The highest BCUT2D eigenvalue weighted by Gasteiger charge is 2.34. The molecule has 3 aromatic heterocycles. The molecule has 4 nitrogen and oxygen atoms in total. The fourth-order valence-corrected chi connectivity index (χ4v) is 1.69. The molecule has 0 aliphatic rings. The molecular formula is C12H7F3N4.